The molecule has 0 saturated heterocycles. The summed E-state index contributed by atoms with van der Waals surface area (Å²) in [6, 6.07) is 0. The first-order valence-corrected chi connectivity index (χ1v) is 6.00. The zero-order valence-electron chi connectivity index (χ0n) is 11.1. The van der Waals surface area contributed by atoms with Crippen LogP contribution in [0.2, 0.25) is 0 Å². The Morgan fingerprint density at radius 2 is 1.93 bits per heavy atom. The predicted octanol–water partition coefficient (Wildman–Crippen LogP) is 1.59. The van der Waals surface area contributed by atoms with Crippen LogP contribution >= 0.6 is 0 Å². The molecule has 0 aliphatic carbocycles. The highest BCUT2D eigenvalue weighted by atomic mass is 16.5. The van der Waals surface area contributed by atoms with Gasteiger partial charge in [0.1, 0.15) is 0 Å². The fourth-order valence-corrected chi connectivity index (χ4v) is 1.83. The van der Waals surface area contributed by atoms with Crippen molar-refractivity contribution in [3.63, 3.8) is 0 Å². The number of hydrogen-bond acceptors (Lipinski definition) is 3. The van der Waals surface area contributed by atoms with Gasteiger partial charge >= 0.3 is 0 Å². The Balaban J connectivity index is 3.85. The third-order valence-electron chi connectivity index (χ3n) is 2.51. The first kappa shape index (κ1) is 14.9. The summed E-state index contributed by atoms with van der Waals surface area (Å²) in [6.07, 6.45) is 0. The molecule has 0 bridgehead atoms. The van der Waals surface area contributed by atoms with Crippen molar-refractivity contribution in [3.05, 3.63) is 0 Å². The first-order valence-electron chi connectivity index (χ1n) is 6.00. The number of nitrogens with one attached hydrogen (secondary N) is 1. The van der Waals surface area contributed by atoms with Gasteiger partial charge in [0.2, 0.25) is 0 Å². The van der Waals surface area contributed by atoms with Crippen LogP contribution in [0.3, 0.4) is 0 Å². The summed E-state index contributed by atoms with van der Waals surface area (Å²) in [5.74, 6) is 0. The van der Waals surface area contributed by atoms with Gasteiger partial charge in [-0.3, -0.25) is 0 Å². The number of nitrogens with zero attached hydrogens (tertiary/aromatic N) is 1. The maximum absolute atomic E-state index is 5.38. The molecule has 0 aromatic carbocycles. The van der Waals surface area contributed by atoms with Gasteiger partial charge in [-0.1, -0.05) is 20.8 Å². The molecule has 3 nitrogen and oxygen atoms in total. The molecule has 0 unspecified atom stereocenters. The van der Waals surface area contributed by atoms with E-state index in [1.807, 2.05) is 14.0 Å². The second kappa shape index (κ2) is 8.08. The standard InChI is InChI=1S/C12H28N2O/c1-6-14(8-9-15-7-2)11-12(3,4)10-13-5/h13H,6-11H2,1-5H3. The number of rotatable bonds is 9. The first-order chi connectivity index (χ1) is 7.05. The van der Waals surface area contributed by atoms with E-state index in [0.717, 1.165) is 39.4 Å². The van der Waals surface area contributed by atoms with Crippen LogP contribution in [0, 0.1) is 5.41 Å². The zero-order chi connectivity index (χ0) is 11.7. The topological polar surface area (TPSA) is 24.5 Å². The van der Waals surface area contributed by atoms with E-state index in [1.165, 1.54) is 0 Å². The lowest BCUT2D eigenvalue weighted by Crippen LogP contribution is -2.41. The second-order valence-corrected chi connectivity index (χ2v) is 4.76. The average Bonchev–Trinajstić information content (AvgIpc) is 2.16. The van der Waals surface area contributed by atoms with Crippen LogP contribution in [0.15, 0.2) is 0 Å². The van der Waals surface area contributed by atoms with Gasteiger partial charge in [-0.15, -0.1) is 0 Å². The fraction of sp³-hybridized carbons (Fsp3) is 1.00. The molecule has 1 N–H and O–H groups in total. The number of ether oxygens (including phenoxy) is 1. The highest BCUT2D eigenvalue weighted by molar-refractivity contribution is 4.75. The monoisotopic (exact) mass is 216 g/mol. The highest BCUT2D eigenvalue weighted by Gasteiger charge is 2.19. The molecule has 0 aromatic rings. The third kappa shape index (κ3) is 7.77. The molecule has 0 spiro atoms. The van der Waals surface area contributed by atoms with Gasteiger partial charge in [0.15, 0.2) is 0 Å². The zero-order valence-corrected chi connectivity index (χ0v) is 11.1. The molecule has 92 valence electrons. The van der Waals surface area contributed by atoms with E-state index < -0.39 is 0 Å². The van der Waals surface area contributed by atoms with Crippen LogP contribution in [-0.4, -0.2) is 51.3 Å². The Hall–Kier alpha value is -0.120. The van der Waals surface area contributed by atoms with Crippen molar-refractivity contribution in [3.8, 4) is 0 Å². The highest BCUT2D eigenvalue weighted by Crippen LogP contribution is 2.15. The fourth-order valence-electron chi connectivity index (χ4n) is 1.83. The van der Waals surface area contributed by atoms with Gasteiger partial charge in [0.25, 0.3) is 0 Å². The average molecular weight is 216 g/mol. The van der Waals surface area contributed by atoms with Crippen LogP contribution in [0.25, 0.3) is 0 Å². The summed E-state index contributed by atoms with van der Waals surface area (Å²) in [7, 11) is 2.01. The van der Waals surface area contributed by atoms with Gasteiger partial charge in [-0.05, 0) is 25.9 Å². The van der Waals surface area contributed by atoms with Crippen molar-refractivity contribution in [1.82, 2.24) is 10.2 Å². The molecule has 0 aliphatic rings. The van der Waals surface area contributed by atoms with Crippen molar-refractivity contribution in [2.75, 3.05) is 46.4 Å². The van der Waals surface area contributed by atoms with Crippen molar-refractivity contribution in [2.24, 2.45) is 5.41 Å². The molecule has 0 radical (unpaired) electrons. The largest absolute Gasteiger partial charge is 0.380 e. The molecular weight excluding hydrogens is 188 g/mol. The van der Waals surface area contributed by atoms with E-state index in [9.17, 15) is 0 Å². The molecule has 0 amide bonds. The van der Waals surface area contributed by atoms with E-state index in [-0.39, 0.29) is 0 Å². The number of likely N-dealkylation sites (N-methyl/N-ethyl adjacent to an activating group) is 1. The van der Waals surface area contributed by atoms with Crippen LogP contribution in [0.5, 0.6) is 0 Å². The Morgan fingerprint density at radius 1 is 1.27 bits per heavy atom. The molecule has 0 atom stereocenters. The molecule has 15 heavy (non-hydrogen) atoms. The van der Waals surface area contributed by atoms with Crippen LogP contribution in [0.1, 0.15) is 27.7 Å². The minimum Gasteiger partial charge on any atom is -0.380 e. The van der Waals surface area contributed by atoms with E-state index in [2.05, 4.69) is 31.0 Å². The molecule has 0 rings (SSSR count). The van der Waals surface area contributed by atoms with Crippen LogP contribution in [-0.2, 0) is 4.74 Å². The minimum absolute atomic E-state index is 0.330. The van der Waals surface area contributed by atoms with Crippen molar-refractivity contribution < 1.29 is 4.74 Å². The smallest absolute Gasteiger partial charge is 0.0593 e. The maximum Gasteiger partial charge on any atom is 0.0593 e. The summed E-state index contributed by atoms with van der Waals surface area (Å²) in [6.45, 7) is 14.8. The quantitative estimate of drug-likeness (QED) is 0.592. The molecule has 0 aliphatic heterocycles. The SMILES string of the molecule is CCOCCN(CC)CC(C)(C)CNC. The lowest BCUT2D eigenvalue weighted by Gasteiger charge is -2.31. The van der Waals surface area contributed by atoms with E-state index in [1.54, 1.807) is 0 Å². The Labute approximate surface area is 95.2 Å². The van der Waals surface area contributed by atoms with Gasteiger partial charge in [-0.25, -0.2) is 0 Å². The Bertz CT molecular complexity index is 149. The summed E-state index contributed by atoms with van der Waals surface area (Å²) in [5, 5.41) is 3.25. The predicted molar refractivity (Wildman–Crippen MR) is 66.3 cm³/mol. The van der Waals surface area contributed by atoms with Gasteiger partial charge < -0.3 is 15.0 Å². The van der Waals surface area contributed by atoms with Gasteiger partial charge in [0.05, 0.1) is 6.61 Å². The maximum atomic E-state index is 5.38. The van der Waals surface area contributed by atoms with Gasteiger partial charge in [-0.2, -0.15) is 0 Å². The summed E-state index contributed by atoms with van der Waals surface area (Å²) < 4.78 is 5.38. The lowest BCUT2D eigenvalue weighted by molar-refractivity contribution is 0.0973. The second-order valence-electron chi connectivity index (χ2n) is 4.76. The van der Waals surface area contributed by atoms with E-state index in [4.69, 9.17) is 4.74 Å². The van der Waals surface area contributed by atoms with Crippen molar-refractivity contribution in [2.45, 2.75) is 27.7 Å². The van der Waals surface area contributed by atoms with Gasteiger partial charge in [0, 0.05) is 26.2 Å². The molecule has 3 heteroatoms. The normalized spacial score (nSPS) is 12.4. The third-order valence-corrected chi connectivity index (χ3v) is 2.51. The van der Waals surface area contributed by atoms with Crippen molar-refractivity contribution in [1.29, 1.82) is 0 Å². The molecule has 0 saturated carbocycles. The van der Waals surface area contributed by atoms with Crippen LogP contribution < -0.4 is 5.32 Å². The number of hydrogen-bond donors (Lipinski definition) is 1. The van der Waals surface area contributed by atoms with Crippen LogP contribution in [0.4, 0.5) is 0 Å². The summed E-state index contributed by atoms with van der Waals surface area (Å²) >= 11 is 0. The van der Waals surface area contributed by atoms with E-state index >= 15 is 0 Å². The lowest BCUT2D eigenvalue weighted by atomic mass is 9.93. The van der Waals surface area contributed by atoms with E-state index in [0.29, 0.717) is 5.41 Å². The Kier molecular flexibility index (Phi) is 8.02. The minimum atomic E-state index is 0.330. The molecule has 0 fully saturated rings. The summed E-state index contributed by atoms with van der Waals surface area (Å²) in [4.78, 5) is 2.45. The summed E-state index contributed by atoms with van der Waals surface area (Å²) in [5.41, 5.74) is 0.330. The molecule has 0 aromatic heterocycles. The molecule has 0 heterocycles. The Morgan fingerprint density at radius 3 is 2.40 bits per heavy atom. The van der Waals surface area contributed by atoms with Crippen molar-refractivity contribution >= 4 is 0 Å². The molecular formula is C12H28N2O.